The Hall–Kier alpha value is -2.07. The predicted molar refractivity (Wildman–Crippen MR) is 137 cm³/mol. The van der Waals surface area contributed by atoms with Crippen molar-refractivity contribution in [2.75, 3.05) is 20.2 Å². The average molecular weight is 464 g/mol. The highest BCUT2D eigenvalue weighted by atomic mass is 16.5. The molecule has 1 aliphatic heterocycles. The Morgan fingerprint density at radius 3 is 2.47 bits per heavy atom. The minimum atomic E-state index is -0.00621. The standard InChI is InChI=1S/C30H41NO3/c1-30(2)13-11-27(12-14-30)34-28-10-9-23-15-21(7-8-24(23)17-28)18-31-19-26(20-31)22-5-4-6-25(16-22)29(32)33-3/h7-10,15,17,22,25-27H,4-6,11-14,16,18-20H2,1-3H3. The molecule has 2 aromatic rings. The first-order valence-electron chi connectivity index (χ1n) is 13.4. The summed E-state index contributed by atoms with van der Waals surface area (Å²) in [5.74, 6) is 2.54. The summed E-state index contributed by atoms with van der Waals surface area (Å²) in [5, 5.41) is 2.55. The van der Waals surface area contributed by atoms with Gasteiger partial charge in [-0.2, -0.15) is 0 Å². The molecule has 0 aromatic heterocycles. The normalized spacial score (nSPS) is 26.2. The summed E-state index contributed by atoms with van der Waals surface area (Å²) in [4.78, 5) is 14.5. The molecule has 0 radical (unpaired) electrons. The van der Waals surface area contributed by atoms with Crippen molar-refractivity contribution in [3.63, 3.8) is 0 Å². The zero-order valence-corrected chi connectivity index (χ0v) is 21.2. The number of fused-ring (bicyclic) bond motifs is 1. The van der Waals surface area contributed by atoms with Crippen molar-refractivity contribution in [1.29, 1.82) is 0 Å². The van der Waals surface area contributed by atoms with E-state index in [1.807, 2.05) is 0 Å². The predicted octanol–water partition coefficient (Wildman–Crippen LogP) is 6.60. The minimum absolute atomic E-state index is 0.00621. The van der Waals surface area contributed by atoms with Crippen LogP contribution in [0.25, 0.3) is 10.8 Å². The van der Waals surface area contributed by atoms with Crippen molar-refractivity contribution in [2.45, 2.75) is 77.9 Å². The van der Waals surface area contributed by atoms with Crippen molar-refractivity contribution < 1.29 is 14.3 Å². The largest absolute Gasteiger partial charge is 0.490 e. The van der Waals surface area contributed by atoms with Gasteiger partial charge in [0.05, 0.1) is 19.1 Å². The molecule has 0 bridgehead atoms. The molecule has 0 amide bonds. The number of carbonyl (C=O) groups excluding carboxylic acids is 1. The van der Waals surface area contributed by atoms with Crippen LogP contribution in [0.2, 0.25) is 0 Å². The lowest BCUT2D eigenvalue weighted by atomic mass is 9.72. The van der Waals surface area contributed by atoms with Crippen LogP contribution in [-0.4, -0.2) is 37.2 Å². The van der Waals surface area contributed by atoms with Crippen LogP contribution in [0.15, 0.2) is 36.4 Å². The first-order valence-corrected chi connectivity index (χ1v) is 13.4. The third-order valence-corrected chi connectivity index (χ3v) is 8.77. The minimum Gasteiger partial charge on any atom is -0.490 e. The van der Waals surface area contributed by atoms with E-state index >= 15 is 0 Å². The molecule has 34 heavy (non-hydrogen) atoms. The maximum atomic E-state index is 12.0. The first-order chi connectivity index (χ1) is 16.4. The molecule has 2 saturated carbocycles. The van der Waals surface area contributed by atoms with Crippen LogP contribution in [0.1, 0.15) is 70.8 Å². The Morgan fingerprint density at radius 2 is 1.71 bits per heavy atom. The SMILES string of the molecule is COC(=O)C1CCCC(C2CN(Cc3ccc4cc(OC5CCC(C)(C)CC5)ccc4c3)C2)C1. The number of esters is 1. The lowest BCUT2D eigenvalue weighted by Gasteiger charge is -2.45. The Balaban J connectivity index is 1.13. The van der Waals surface area contributed by atoms with Crippen LogP contribution >= 0.6 is 0 Å². The number of hydrogen-bond acceptors (Lipinski definition) is 4. The monoisotopic (exact) mass is 463 g/mol. The first kappa shape index (κ1) is 23.7. The molecule has 1 saturated heterocycles. The van der Waals surface area contributed by atoms with Crippen molar-refractivity contribution in [2.24, 2.45) is 23.2 Å². The topological polar surface area (TPSA) is 38.8 Å². The second-order valence-electron chi connectivity index (χ2n) is 11.9. The van der Waals surface area contributed by atoms with Gasteiger partial charge in [-0.1, -0.05) is 44.9 Å². The fourth-order valence-electron chi connectivity index (χ4n) is 6.46. The molecular formula is C30H41NO3. The summed E-state index contributed by atoms with van der Waals surface area (Å²) in [5.41, 5.74) is 1.85. The highest BCUT2D eigenvalue weighted by molar-refractivity contribution is 5.84. The van der Waals surface area contributed by atoms with Gasteiger partial charge in [0.2, 0.25) is 0 Å². The molecular weight excluding hydrogens is 422 g/mol. The second kappa shape index (κ2) is 9.89. The summed E-state index contributed by atoms with van der Waals surface area (Å²) in [7, 11) is 1.52. The molecule has 4 nitrogen and oxygen atoms in total. The Labute approximate surface area is 205 Å². The third-order valence-electron chi connectivity index (χ3n) is 8.77. The van der Waals surface area contributed by atoms with Gasteiger partial charge in [0.1, 0.15) is 5.75 Å². The van der Waals surface area contributed by atoms with E-state index in [1.165, 1.54) is 42.7 Å². The maximum Gasteiger partial charge on any atom is 0.308 e. The highest BCUT2D eigenvalue weighted by Crippen LogP contribution is 2.39. The fourth-order valence-corrected chi connectivity index (χ4v) is 6.46. The lowest BCUT2D eigenvalue weighted by Crippen LogP contribution is -2.50. The van der Waals surface area contributed by atoms with E-state index in [9.17, 15) is 4.79 Å². The van der Waals surface area contributed by atoms with Gasteiger partial charge in [0.25, 0.3) is 0 Å². The number of rotatable bonds is 6. The molecule has 2 aromatic carbocycles. The van der Waals surface area contributed by atoms with E-state index in [4.69, 9.17) is 9.47 Å². The van der Waals surface area contributed by atoms with E-state index < -0.39 is 0 Å². The van der Waals surface area contributed by atoms with Crippen LogP contribution in [-0.2, 0) is 16.1 Å². The van der Waals surface area contributed by atoms with Gasteiger partial charge >= 0.3 is 5.97 Å². The van der Waals surface area contributed by atoms with E-state index in [0.29, 0.717) is 17.4 Å². The van der Waals surface area contributed by atoms with E-state index in [2.05, 4.69) is 55.1 Å². The molecule has 0 spiro atoms. The number of hydrogen-bond donors (Lipinski definition) is 0. The Bertz CT molecular complexity index is 999. The van der Waals surface area contributed by atoms with Crippen molar-refractivity contribution in [1.82, 2.24) is 4.90 Å². The maximum absolute atomic E-state index is 12.0. The zero-order chi connectivity index (χ0) is 23.7. The van der Waals surface area contributed by atoms with Crippen LogP contribution in [0.5, 0.6) is 5.75 Å². The number of nitrogens with zero attached hydrogens (tertiary/aromatic N) is 1. The zero-order valence-electron chi connectivity index (χ0n) is 21.2. The highest BCUT2D eigenvalue weighted by Gasteiger charge is 2.38. The smallest absolute Gasteiger partial charge is 0.308 e. The van der Waals surface area contributed by atoms with E-state index in [0.717, 1.165) is 63.4 Å². The number of carbonyl (C=O) groups is 1. The lowest BCUT2D eigenvalue weighted by molar-refractivity contribution is -0.147. The summed E-state index contributed by atoms with van der Waals surface area (Å²) in [6.45, 7) is 8.06. The number of ether oxygens (including phenoxy) is 2. The molecule has 3 fully saturated rings. The van der Waals surface area contributed by atoms with Crippen LogP contribution in [0.3, 0.4) is 0 Å². The van der Waals surface area contributed by atoms with Gasteiger partial charge < -0.3 is 9.47 Å². The average Bonchev–Trinajstić information content (AvgIpc) is 2.82. The van der Waals surface area contributed by atoms with Gasteiger partial charge in [-0.25, -0.2) is 0 Å². The van der Waals surface area contributed by atoms with Gasteiger partial charge in [-0.3, -0.25) is 9.69 Å². The molecule has 184 valence electrons. The number of methoxy groups -OCH3 is 1. The van der Waals surface area contributed by atoms with Crippen molar-refractivity contribution >= 4 is 16.7 Å². The molecule has 2 unspecified atom stereocenters. The summed E-state index contributed by atoms with van der Waals surface area (Å²) >= 11 is 0. The van der Waals surface area contributed by atoms with Crippen molar-refractivity contribution in [3.8, 4) is 5.75 Å². The van der Waals surface area contributed by atoms with Crippen LogP contribution < -0.4 is 4.74 Å². The summed E-state index contributed by atoms with van der Waals surface area (Å²) in [6, 6.07) is 13.4. The molecule has 5 rings (SSSR count). The number of benzene rings is 2. The van der Waals surface area contributed by atoms with Gasteiger partial charge in [-0.15, -0.1) is 0 Å². The van der Waals surface area contributed by atoms with Gasteiger partial charge in [0.15, 0.2) is 0 Å². The number of likely N-dealkylation sites (tertiary alicyclic amines) is 1. The van der Waals surface area contributed by atoms with E-state index in [1.54, 1.807) is 0 Å². The molecule has 1 heterocycles. The molecule has 0 N–H and O–H groups in total. The third kappa shape index (κ3) is 5.43. The van der Waals surface area contributed by atoms with E-state index in [-0.39, 0.29) is 11.9 Å². The fraction of sp³-hybridized carbons (Fsp3) is 0.633. The van der Waals surface area contributed by atoms with Crippen LogP contribution in [0.4, 0.5) is 0 Å². The second-order valence-corrected chi connectivity index (χ2v) is 11.9. The van der Waals surface area contributed by atoms with Crippen LogP contribution in [0, 0.1) is 23.2 Å². The van der Waals surface area contributed by atoms with Gasteiger partial charge in [0, 0.05) is 19.6 Å². The summed E-state index contributed by atoms with van der Waals surface area (Å²) < 4.78 is 11.3. The Morgan fingerprint density at radius 1 is 0.971 bits per heavy atom. The quantitative estimate of drug-likeness (QED) is 0.453. The molecule has 2 aliphatic carbocycles. The Kier molecular flexibility index (Phi) is 6.88. The summed E-state index contributed by atoms with van der Waals surface area (Å²) in [6.07, 6.45) is 9.62. The molecule has 4 heteroatoms. The molecule has 3 aliphatic rings. The van der Waals surface area contributed by atoms with Gasteiger partial charge in [-0.05, 0) is 90.3 Å². The van der Waals surface area contributed by atoms with Crippen molar-refractivity contribution in [3.05, 3.63) is 42.0 Å². The molecule has 2 atom stereocenters.